The molecule has 1 amide bonds. The van der Waals surface area contributed by atoms with E-state index >= 15 is 0 Å². The third-order valence-electron chi connectivity index (χ3n) is 5.19. The van der Waals surface area contributed by atoms with Crippen molar-refractivity contribution in [3.05, 3.63) is 53.7 Å². The van der Waals surface area contributed by atoms with Crippen molar-refractivity contribution in [2.75, 3.05) is 13.1 Å². The summed E-state index contributed by atoms with van der Waals surface area (Å²) in [5.74, 6) is 0.220. The fraction of sp³-hybridized carbons (Fsp3) is 0.318. The zero-order valence-electron chi connectivity index (χ0n) is 16.7. The van der Waals surface area contributed by atoms with Crippen molar-refractivity contribution >= 4 is 34.6 Å². The van der Waals surface area contributed by atoms with Crippen LogP contribution >= 0.6 is 11.6 Å². The highest BCUT2D eigenvalue weighted by Crippen LogP contribution is 2.26. The first-order valence-electron chi connectivity index (χ1n) is 10.0. The third kappa shape index (κ3) is 5.08. The number of nitrogens with zero attached hydrogens (tertiary/aromatic N) is 3. The molecule has 0 aliphatic carbocycles. The number of aryl methyl sites for hydroxylation is 1. The second kappa shape index (κ2) is 9.26. The SMILES string of the molecule is O=C(O)CCn1ncc2cc(OC3CCN(C(=O)Oc4ccccc4Cl)CC3)ccc21. The highest BCUT2D eigenvalue weighted by Gasteiger charge is 2.25. The van der Waals surface area contributed by atoms with Crippen LogP contribution in [0, 0.1) is 0 Å². The number of fused-ring (bicyclic) bond motifs is 1. The number of hydrogen-bond donors (Lipinski definition) is 1. The summed E-state index contributed by atoms with van der Waals surface area (Å²) in [6, 6.07) is 12.5. The number of carboxylic acid groups (broad SMARTS) is 1. The van der Waals surface area contributed by atoms with Gasteiger partial charge in [0.15, 0.2) is 5.75 Å². The molecule has 0 atom stereocenters. The molecule has 162 valence electrons. The maximum Gasteiger partial charge on any atom is 0.415 e. The summed E-state index contributed by atoms with van der Waals surface area (Å²) in [6.07, 6.45) is 2.68. The number of aromatic nitrogens is 2. The van der Waals surface area contributed by atoms with Crippen molar-refractivity contribution < 1.29 is 24.2 Å². The van der Waals surface area contributed by atoms with Crippen LogP contribution in [0.5, 0.6) is 11.5 Å². The van der Waals surface area contributed by atoms with Crippen LogP contribution in [0.4, 0.5) is 4.79 Å². The lowest BCUT2D eigenvalue weighted by molar-refractivity contribution is -0.137. The number of halogens is 1. The van der Waals surface area contributed by atoms with Crippen LogP contribution in [-0.2, 0) is 11.3 Å². The molecule has 1 aliphatic heterocycles. The Kier molecular flexibility index (Phi) is 6.27. The molecule has 1 aliphatic rings. The standard InChI is InChI=1S/C22H22ClN3O5/c23-18-3-1-2-4-20(18)31-22(29)25-10-7-16(8-11-25)30-17-5-6-19-15(13-17)14-24-26(19)12-9-21(27)28/h1-6,13-14,16H,7-12H2,(H,27,28). The number of carbonyl (C=O) groups excluding carboxylic acids is 1. The van der Waals surface area contributed by atoms with Crippen LogP contribution in [-0.4, -0.2) is 51.0 Å². The minimum Gasteiger partial charge on any atom is -0.490 e. The van der Waals surface area contributed by atoms with E-state index in [1.165, 1.54) is 0 Å². The Bertz CT molecular complexity index is 1090. The number of aliphatic carboxylic acids is 1. The van der Waals surface area contributed by atoms with Gasteiger partial charge in [0.1, 0.15) is 11.9 Å². The van der Waals surface area contributed by atoms with Crippen molar-refractivity contribution in [3.8, 4) is 11.5 Å². The van der Waals surface area contributed by atoms with E-state index in [4.69, 9.17) is 26.2 Å². The van der Waals surface area contributed by atoms with Crippen LogP contribution in [0.2, 0.25) is 5.02 Å². The minimum atomic E-state index is -0.856. The number of benzene rings is 2. The minimum absolute atomic E-state index is 0.0103. The second-order valence-electron chi connectivity index (χ2n) is 7.33. The van der Waals surface area contributed by atoms with Crippen LogP contribution in [0.15, 0.2) is 48.7 Å². The quantitative estimate of drug-likeness (QED) is 0.613. The van der Waals surface area contributed by atoms with E-state index in [1.54, 1.807) is 40.0 Å². The first kappa shape index (κ1) is 21.0. The van der Waals surface area contributed by atoms with Gasteiger partial charge < -0.3 is 19.5 Å². The van der Waals surface area contributed by atoms with Gasteiger partial charge in [0.25, 0.3) is 0 Å². The topological polar surface area (TPSA) is 93.9 Å². The molecule has 2 aromatic carbocycles. The van der Waals surface area contributed by atoms with Gasteiger partial charge in [-0.25, -0.2) is 4.79 Å². The molecule has 0 radical (unpaired) electrons. The number of para-hydroxylation sites is 1. The molecular formula is C22H22ClN3O5. The molecule has 1 N–H and O–H groups in total. The molecule has 1 aromatic heterocycles. The zero-order chi connectivity index (χ0) is 21.8. The van der Waals surface area contributed by atoms with Gasteiger partial charge in [0.2, 0.25) is 0 Å². The molecule has 0 bridgehead atoms. The van der Waals surface area contributed by atoms with Gasteiger partial charge >= 0.3 is 12.1 Å². The van der Waals surface area contributed by atoms with E-state index in [2.05, 4.69) is 5.10 Å². The summed E-state index contributed by atoms with van der Waals surface area (Å²) in [7, 11) is 0. The first-order chi connectivity index (χ1) is 15.0. The number of likely N-dealkylation sites (tertiary alicyclic amines) is 1. The third-order valence-corrected chi connectivity index (χ3v) is 5.50. The molecule has 0 spiro atoms. The van der Waals surface area contributed by atoms with Gasteiger partial charge in [-0.05, 0) is 30.3 Å². The Labute approximate surface area is 183 Å². The summed E-state index contributed by atoms with van der Waals surface area (Å²) in [4.78, 5) is 24.8. The van der Waals surface area contributed by atoms with E-state index in [9.17, 15) is 9.59 Å². The molecule has 3 aromatic rings. The van der Waals surface area contributed by atoms with Gasteiger partial charge in [-0.2, -0.15) is 5.10 Å². The monoisotopic (exact) mass is 443 g/mol. The molecule has 0 unspecified atom stereocenters. The summed E-state index contributed by atoms with van der Waals surface area (Å²) in [5.41, 5.74) is 0.866. The second-order valence-corrected chi connectivity index (χ2v) is 7.74. The Morgan fingerprint density at radius 2 is 1.94 bits per heavy atom. The number of ether oxygens (including phenoxy) is 2. The predicted octanol–water partition coefficient (Wildman–Crippen LogP) is 4.21. The summed E-state index contributed by atoms with van der Waals surface area (Å²) < 4.78 is 13.2. The largest absolute Gasteiger partial charge is 0.490 e. The van der Waals surface area contributed by atoms with Crippen molar-refractivity contribution in [2.45, 2.75) is 31.9 Å². The molecule has 8 nitrogen and oxygen atoms in total. The summed E-state index contributed by atoms with van der Waals surface area (Å²) >= 11 is 6.05. The normalized spacial score (nSPS) is 14.5. The van der Waals surface area contributed by atoms with Gasteiger partial charge in [-0.1, -0.05) is 23.7 Å². The Morgan fingerprint density at radius 1 is 1.16 bits per heavy atom. The lowest BCUT2D eigenvalue weighted by Gasteiger charge is -2.31. The average molecular weight is 444 g/mol. The fourth-order valence-corrected chi connectivity index (χ4v) is 3.73. The van der Waals surface area contributed by atoms with Gasteiger partial charge in [-0.15, -0.1) is 0 Å². The molecule has 9 heteroatoms. The van der Waals surface area contributed by atoms with Crippen LogP contribution < -0.4 is 9.47 Å². The molecule has 31 heavy (non-hydrogen) atoms. The van der Waals surface area contributed by atoms with E-state index < -0.39 is 12.1 Å². The fourth-order valence-electron chi connectivity index (χ4n) is 3.55. The van der Waals surface area contributed by atoms with Crippen LogP contribution in [0.25, 0.3) is 10.9 Å². The molecule has 2 heterocycles. The zero-order valence-corrected chi connectivity index (χ0v) is 17.5. The van der Waals surface area contributed by atoms with Crippen molar-refractivity contribution in [1.82, 2.24) is 14.7 Å². The lowest BCUT2D eigenvalue weighted by atomic mass is 10.1. The molecule has 0 saturated carbocycles. The van der Waals surface area contributed by atoms with Crippen molar-refractivity contribution in [1.29, 1.82) is 0 Å². The number of piperidine rings is 1. The number of amides is 1. The number of hydrogen-bond acceptors (Lipinski definition) is 5. The summed E-state index contributed by atoms with van der Waals surface area (Å²) in [5, 5.41) is 14.4. The van der Waals surface area contributed by atoms with E-state index in [1.807, 2.05) is 18.2 Å². The molecule has 1 saturated heterocycles. The molecular weight excluding hydrogens is 422 g/mol. The maximum atomic E-state index is 12.4. The van der Waals surface area contributed by atoms with Gasteiger partial charge in [0, 0.05) is 31.3 Å². The van der Waals surface area contributed by atoms with Crippen LogP contribution in [0.3, 0.4) is 0 Å². The molecule has 4 rings (SSSR count). The first-order valence-corrected chi connectivity index (χ1v) is 10.4. The summed E-state index contributed by atoms with van der Waals surface area (Å²) in [6.45, 7) is 1.38. The van der Waals surface area contributed by atoms with E-state index in [-0.39, 0.29) is 12.5 Å². The highest BCUT2D eigenvalue weighted by atomic mass is 35.5. The van der Waals surface area contributed by atoms with Crippen LogP contribution in [0.1, 0.15) is 19.3 Å². The number of rotatable bonds is 6. The average Bonchev–Trinajstić information content (AvgIpc) is 3.16. The van der Waals surface area contributed by atoms with Gasteiger partial charge in [-0.3, -0.25) is 9.48 Å². The Balaban J connectivity index is 1.31. The highest BCUT2D eigenvalue weighted by molar-refractivity contribution is 6.32. The number of carboxylic acids is 1. The lowest BCUT2D eigenvalue weighted by Crippen LogP contribution is -2.43. The predicted molar refractivity (Wildman–Crippen MR) is 115 cm³/mol. The van der Waals surface area contributed by atoms with E-state index in [0.29, 0.717) is 43.2 Å². The van der Waals surface area contributed by atoms with Crippen molar-refractivity contribution in [3.63, 3.8) is 0 Å². The molecule has 1 fully saturated rings. The smallest absolute Gasteiger partial charge is 0.415 e. The van der Waals surface area contributed by atoms with Gasteiger partial charge in [0.05, 0.1) is 29.7 Å². The Hall–Kier alpha value is -3.26. The van der Waals surface area contributed by atoms with Crippen molar-refractivity contribution in [2.24, 2.45) is 0 Å². The number of carbonyl (C=O) groups is 2. The Morgan fingerprint density at radius 3 is 2.68 bits per heavy atom. The maximum absolute atomic E-state index is 12.4. The van der Waals surface area contributed by atoms with E-state index in [0.717, 1.165) is 16.7 Å².